The van der Waals surface area contributed by atoms with Crippen LogP contribution < -0.4 is 0 Å². The number of benzene rings is 1. The highest BCUT2D eigenvalue weighted by Crippen LogP contribution is 2.26. The second-order valence-corrected chi connectivity index (χ2v) is 10.9. The van der Waals surface area contributed by atoms with E-state index in [2.05, 4.69) is 56.9 Å². The summed E-state index contributed by atoms with van der Waals surface area (Å²) in [7, 11) is -1.43. The van der Waals surface area contributed by atoms with Gasteiger partial charge in [0, 0.05) is 0 Å². The Kier molecular flexibility index (Phi) is 5.83. The zero-order valence-corrected chi connectivity index (χ0v) is 13.1. The molecule has 0 amide bonds. The number of hydrogen-bond donors (Lipinski definition) is 1. The van der Waals surface area contributed by atoms with Crippen molar-refractivity contribution >= 4 is 13.3 Å². The van der Waals surface area contributed by atoms with Crippen molar-refractivity contribution in [3.63, 3.8) is 0 Å². The van der Waals surface area contributed by atoms with Gasteiger partial charge >= 0.3 is 0 Å². The van der Waals surface area contributed by atoms with Crippen LogP contribution in [0.4, 0.5) is 0 Å². The molecule has 1 nitrogen and oxygen atoms in total. The molecule has 1 N–H and O–H groups in total. The summed E-state index contributed by atoms with van der Waals surface area (Å²) < 4.78 is 0. The molecule has 1 aromatic carbocycles. The number of aliphatic hydroxyl groups is 1. The lowest BCUT2D eigenvalue weighted by atomic mass is 10.1. The predicted octanol–water partition coefficient (Wildman–Crippen LogP) is 4.50. The van der Waals surface area contributed by atoms with E-state index in [-0.39, 0.29) is 6.10 Å². The van der Waals surface area contributed by atoms with E-state index in [0.717, 1.165) is 19.3 Å². The first-order chi connectivity index (χ1) is 8.45. The minimum absolute atomic E-state index is 0.299. The standard InChI is InChI=1S/C16H26OSi/c1-5-6-12-15(17)13-16(18(2,3)4)14-10-8-7-9-11-14/h7-11,13,15,17H,5-6,12H2,1-4H3/b16-13-. The highest BCUT2D eigenvalue weighted by molar-refractivity contribution is 6.93. The van der Waals surface area contributed by atoms with Gasteiger partial charge in [0.15, 0.2) is 0 Å². The number of rotatable bonds is 6. The summed E-state index contributed by atoms with van der Waals surface area (Å²) in [6, 6.07) is 10.5. The lowest BCUT2D eigenvalue weighted by Gasteiger charge is -2.23. The van der Waals surface area contributed by atoms with E-state index in [1.807, 2.05) is 6.07 Å². The molecule has 1 atom stereocenters. The molecule has 0 spiro atoms. The van der Waals surface area contributed by atoms with Crippen molar-refractivity contribution in [1.29, 1.82) is 0 Å². The van der Waals surface area contributed by atoms with E-state index in [1.165, 1.54) is 10.8 Å². The third-order valence-corrected chi connectivity index (χ3v) is 5.18. The van der Waals surface area contributed by atoms with Gasteiger partial charge in [0.2, 0.25) is 0 Å². The van der Waals surface area contributed by atoms with Crippen LogP contribution in [-0.4, -0.2) is 19.3 Å². The molecule has 0 aromatic heterocycles. The second-order valence-electron chi connectivity index (χ2n) is 5.91. The van der Waals surface area contributed by atoms with Crippen molar-refractivity contribution in [2.45, 2.75) is 51.9 Å². The van der Waals surface area contributed by atoms with Crippen LogP contribution in [0.5, 0.6) is 0 Å². The Hall–Kier alpha value is -0.863. The van der Waals surface area contributed by atoms with E-state index in [1.54, 1.807) is 0 Å². The molecular weight excluding hydrogens is 236 g/mol. The fourth-order valence-corrected chi connectivity index (χ4v) is 3.81. The predicted molar refractivity (Wildman–Crippen MR) is 83.3 cm³/mol. The average Bonchev–Trinajstić information content (AvgIpc) is 2.33. The summed E-state index contributed by atoms with van der Waals surface area (Å²) in [6.45, 7) is 9.15. The van der Waals surface area contributed by atoms with Gasteiger partial charge in [0.1, 0.15) is 0 Å². The summed E-state index contributed by atoms with van der Waals surface area (Å²) >= 11 is 0. The van der Waals surface area contributed by atoms with Crippen LogP contribution >= 0.6 is 0 Å². The normalized spacial score (nSPS) is 14.6. The molecule has 2 heteroatoms. The summed E-state index contributed by atoms with van der Waals surface area (Å²) in [5, 5.41) is 11.5. The van der Waals surface area contributed by atoms with Crippen LogP contribution in [0.2, 0.25) is 19.6 Å². The molecule has 1 unspecified atom stereocenters. The maximum atomic E-state index is 10.1. The smallest absolute Gasteiger partial charge is 0.0780 e. The molecule has 1 aromatic rings. The first kappa shape index (κ1) is 15.2. The Morgan fingerprint density at radius 1 is 1.22 bits per heavy atom. The molecule has 0 fully saturated rings. The number of aliphatic hydroxyl groups excluding tert-OH is 1. The molecule has 0 aliphatic heterocycles. The van der Waals surface area contributed by atoms with Crippen LogP contribution in [0.15, 0.2) is 36.4 Å². The molecule has 0 radical (unpaired) electrons. The Morgan fingerprint density at radius 2 is 1.83 bits per heavy atom. The van der Waals surface area contributed by atoms with Crippen molar-refractivity contribution in [1.82, 2.24) is 0 Å². The van der Waals surface area contributed by atoms with Crippen LogP contribution in [0.3, 0.4) is 0 Å². The van der Waals surface area contributed by atoms with E-state index in [4.69, 9.17) is 0 Å². The maximum Gasteiger partial charge on any atom is 0.0780 e. The van der Waals surface area contributed by atoms with Crippen LogP contribution in [0, 0.1) is 0 Å². The number of hydrogen-bond acceptors (Lipinski definition) is 1. The van der Waals surface area contributed by atoms with Gasteiger partial charge in [-0.25, -0.2) is 0 Å². The zero-order chi connectivity index (χ0) is 13.6. The first-order valence-corrected chi connectivity index (χ1v) is 10.4. The van der Waals surface area contributed by atoms with Gasteiger partial charge in [0.25, 0.3) is 0 Å². The van der Waals surface area contributed by atoms with Crippen molar-refractivity contribution in [2.24, 2.45) is 0 Å². The first-order valence-electron chi connectivity index (χ1n) is 6.91. The average molecular weight is 262 g/mol. The molecule has 0 saturated carbocycles. The second kappa shape index (κ2) is 6.91. The van der Waals surface area contributed by atoms with Gasteiger partial charge in [-0.05, 0) is 12.0 Å². The molecule has 0 saturated heterocycles. The maximum absolute atomic E-state index is 10.1. The van der Waals surface area contributed by atoms with Crippen LogP contribution in [0.1, 0.15) is 31.7 Å². The topological polar surface area (TPSA) is 20.2 Å². The minimum atomic E-state index is -1.43. The molecule has 0 aliphatic carbocycles. The van der Waals surface area contributed by atoms with Crippen molar-refractivity contribution in [3.05, 3.63) is 42.0 Å². The molecule has 0 aliphatic rings. The Labute approximate surface area is 113 Å². The molecule has 0 heterocycles. The van der Waals surface area contributed by atoms with Gasteiger partial charge in [-0.1, -0.05) is 81.0 Å². The fourth-order valence-electron chi connectivity index (χ4n) is 2.09. The van der Waals surface area contributed by atoms with Crippen LogP contribution in [-0.2, 0) is 0 Å². The van der Waals surface area contributed by atoms with Gasteiger partial charge < -0.3 is 5.11 Å². The minimum Gasteiger partial charge on any atom is -0.389 e. The monoisotopic (exact) mass is 262 g/mol. The molecular formula is C16H26OSi. The zero-order valence-electron chi connectivity index (χ0n) is 12.1. The van der Waals surface area contributed by atoms with Crippen molar-refractivity contribution in [3.8, 4) is 0 Å². The van der Waals surface area contributed by atoms with Crippen molar-refractivity contribution in [2.75, 3.05) is 0 Å². The summed E-state index contributed by atoms with van der Waals surface area (Å²) in [5.41, 5.74) is 1.27. The molecule has 0 bridgehead atoms. The third-order valence-electron chi connectivity index (χ3n) is 3.11. The number of unbranched alkanes of at least 4 members (excludes halogenated alkanes) is 1. The van der Waals surface area contributed by atoms with Gasteiger partial charge in [-0.2, -0.15) is 0 Å². The quantitative estimate of drug-likeness (QED) is 0.748. The SMILES string of the molecule is CCCCC(O)/C=C(/c1ccccc1)[Si](C)(C)C. The van der Waals surface area contributed by atoms with E-state index < -0.39 is 8.07 Å². The Morgan fingerprint density at radius 3 is 2.33 bits per heavy atom. The van der Waals surface area contributed by atoms with E-state index in [0.29, 0.717) is 0 Å². The summed E-state index contributed by atoms with van der Waals surface area (Å²) in [5.74, 6) is 0. The van der Waals surface area contributed by atoms with Crippen molar-refractivity contribution < 1.29 is 5.11 Å². The van der Waals surface area contributed by atoms with E-state index >= 15 is 0 Å². The van der Waals surface area contributed by atoms with Crippen LogP contribution in [0.25, 0.3) is 5.20 Å². The summed E-state index contributed by atoms with van der Waals surface area (Å²) in [4.78, 5) is 0. The fraction of sp³-hybridized carbons (Fsp3) is 0.500. The highest BCUT2D eigenvalue weighted by Gasteiger charge is 2.21. The molecule has 1 rings (SSSR count). The highest BCUT2D eigenvalue weighted by atomic mass is 28.3. The van der Waals surface area contributed by atoms with Gasteiger partial charge in [-0.15, -0.1) is 0 Å². The lowest BCUT2D eigenvalue weighted by Crippen LogP contribution is -2.24. The van der Waals surface area contributed by atoms with Gasteiger partial charge in [0.05, 0.1) is 14.2 Å². The largest absolute Gasteiger partial charge is 0.389 e. The third kappa shape index (κ3) is 4.79. The Bertz CT molecular complexity index is 376. The van der Waals surface area contributed by atoms with E-state index in [9.17, 15) is 5.11 Å². The summed E-state index contributed by atoms with van der Waals surface area (Å²) in [6.07, 6.45) is 4.89. The lowest BCUT2D eigenvalue weighted by molar-refractivity contribution is 0.210. The molecule has 18 heavy (non-hydrogen) atoms. The molecule has 100 valence electrons. The Balaban J connectivity index is 2.96. The van der Waals surface area contributed by atoms with Gasteiger partial charge in [-0.3, -0.25) is 0 Å².